The Morgan fingerprint density at radius 1 is 1.10 bits per heavy atom. The van der Waals surface area contributed by atoms with E-state index in [0.717, 1.165) is 25.7 Å². The molecule has 8 heteroatoms. The summed E-state index contributed by atoms with van der Waals surface area (Å²) in [6.07, 6.45) is 6.07. The number of benzene rings is 1. The molecule has 1 aromatic heterocycles. The van der Waals surface area contributed by atoms with Crippen molar-refractivity contribution in [3.05, 3.63) is 57.7 Å². The fourth-order valence-electron chi connectivity index (χ4n) is 3.92. The Hall–Kier alpha value is -2.15. The number of carbonyl (C=O) groups is 2. The predicted molar refractivity (Wildman–Crippen MR) is 125 cm³/mol. The van der Waals surface area contributed by atoms with Crippen molar-refractivity contribution in [2.45, 2.75) is 50.6 Å². The van der Waals surface area contributed by atoms with Crippen LogP contribution >= 0.6 is 23.2 Å². The Morgan fingerprint density at radius 2 is 1.84 bits per heavy atom. The van der Waals surface area contributed by atoms with Gasteiger partial charge >= 0.3 is 0 Å². The Balaban J connectivity index is 1.59. The fourth-order valence-corrected chi connectivity index (χ4v) is 4.30. The number of nitrogens with zero attached hydrogens (tertiary/aromatic N) is 2. The number of halogens is 2. The maximum absolute atomic E-state index is 13.0. The SMILES string of the molecule is CN(C)C1CCC(NC(=O)c2cccc(Cl)c2CCC(=O)Nc2ccc(Cl)cn2)CC1. The third-order valence-electron chi connectivity index (χ3n) is 5.72. The van der Waals surface area contributed by atoms with Crippen LogP contribution in [0.3, 0.4) is 0 Å². The van der Waals surface area contributed by atoms with E-state index in [9.17, 15) is 9.59 Å². The van der Waals surface area contributed by atoms with Crippen LogP contribution in [0.25, 0.3) is 0 Å². The van der Waals surface area contributed by atoms with Gasteiger partial charge in [-0.3, -0.25) is 9.59 Å². The molecule has 0 bridgehead atoms. The van der Waals surface area contributed by atoms with Crippen LogP contribution in [0.4, 0.5) is 5.82 Å². The first-order valence-corrected chi connectivity index (χ1v) is 11.2. The number of pyridine rings is 1. The minimum atomic E-state index is -0.205. The molecule has 6 nitrogen and oxygen atoms in total. The van der Waals surface area contributed by atoms with Crippen LogP contribution < -0.4 is 10.6 Å². The van der Waals surface area contributed by atoms with Crippen LogP contribution in [-0.4, -0.2) is 47.9 Å². The highest BCUT2D eigenvalue weighted by molar-refractivity contribution is 6.32. The van der Waals surface area contributed by atoms with Crippen LogP contribution in [-0.2, 0) is 11.2 Å². The van der Waals surface area contributed by atoms with Crippen molar-refractivity contribution in [2.75, 3.05) is 19.4 Å². The van der Waals surface area contributed by atoms with Gasteiger partial charge in [-0.2, -0.15) is 0 Å². The molecule has 0 unspecified atom stereocenters. The summed E-state index contributed by atoms with van der Waals surface area (Å²) in [6, 6.07) is 9.31. The summed E-state index contributed by atoms with van der Waals surface area (Å²) in [4.78, 5) is 31.6. The van der Waals surface area contributed by atoms with Gasteiger partial charge in [-0.05, 0) is 76.0 Å². The normalized spacial score (nSPS) is 18.6. The molecule has 1 saturated carbocycles. The van der Waals surface area contributed by atoms with E-state index in [2.05, 4.69) is 34.6 Å². The summed E-state index contributed by atoms with van der Waals surface area (Å²) >= 11 is 12.2. The highest BCUT2D eigenvalue weighted by Gasteiger charge is 2.25. The van der Waals surface area contributed by atoms with Crippen molar-refractivity contribution in [3.63, 3.8) is 0 Å². The van der Waals surface area contributed by atoms with E-state index in [1.54, 1.807) is 30.3 Å². The number of amides is 2. The van der Waals surface area contributed by atoms with Crippen molar-refractivity contribution < 1.29 is 9.59 Å². The molecule has 1 aromatic carbocycles. The molecule has 0 aliphatic heterocycles. The molecule has 2 N–H and O–H groups in total. The molecule has 2 amide bonds. The first-order valence-electron chi connectivity index (χ1n) is 10.5. The van der Waals surface area contributed by atoms with Crippen molar-refractivity contribution >= 4 is 40.8 Å². The first kappa shape index (κ1) is 23.5. The molecule has 166 valence electrons. The molecule has 0 radical (unpaired) electrons. The van der Waals surface area contributed by atoms with E-state index >= 15 is 0 Å². The van der Waals surface area contributed by atoms with Crippen LogP contribution in [0.1, 0.15) is 48.0 Å². The number of nitrogens with one attached hydrogen (secondary N) is 2. The molecule has 1 aliphatic rings. The minimum absolute atomic E-state index is 0.134. The zero-order valence-electron chi connectivity index (χ0n) is 17.8. The zero-order valence-corrected chi connectivity index (χ0v) is 19.3. The van der Waals surface area contributed by atoms with Gasteiger partial charge in [-0.25, -0.2) is 4.98 Å². The second-order valence-corrected chi connectivity index (χ2v) is 8.96. The maximum atomic E-state index is 13.0. The third-order valence-corrected chi connectivity index (χ3v) is 6.30. The number of anilines is 1. The monoisotopic (exact) mass is 462 g/mol. The van der Waals surface area contributed by atoms with E-state index in [-0.39, 0.29) is 24.3 Å². The van der Waals surface area contributed by atoms with Gasteiger partial charge < -0.3 is 15.5 Å². The topological polar surface area (TPSA) is 74.3 Å². The first-order chi connectivity index (χ1) is 14.8. The second kappa shape index (κ2) is 10.9. The molecular formula is C23H28Cl2N4O2. The lowest BCUT2D eigenvalue weighted by molar-refractivity contribution is -0.116. The van der Waals surface area contributed by atoms with E-state index < -0.39 is 0 Å². The number of carbonyl (C=O) groups excluding carboxylic acids is 2. The Labute approximate surface area is 193 Å². The summed E-state index contributed by atoms with van der Waals surface area (Å²) in [5, 5.41) is 6.87. The standard InChI is InChI=1S/C23H28Cl2N4O2/c1-29(2)17-9-7-16(8-10-17)27-23(31)19-4-3-5-20(25)18(19)11-13-22(30)28-21-12-6-15(24)14-26-21/h3-6,12,14,16-17H,7-11,13H2,1-2H3,(H,27,31)(H,26,28,30). The highest BCUT2D eigenvalue weighted by Crippen LogP contribution is 2.25. The summed E-state index contributed by atoms with van der Waals surface area (Å²) in [5.74, 6) is 0.0912. The van der Waals surface area contributed by atoms with E-state index in [1.807, 2.05) is 0 Å². The largest absolute Gasteiger partial charge is 0.349 e. The molecule has 0 saturated heterocycles. The van der Waals surface area contributed by atoms with Gasteiger partial charge in [0.05, 0.1) is 5.02 Å². The number of hydrogen-bond acceptors (Lipinski definition) is 4. The molecule has 1 fully saturated rings. The van der Waals surface area contributed by atoms with E-state index in [4.69, 9.17) is 23.2 Å². The van der Waals surface area contributed by atoms with Crippen LogP contribution in [0.5, 0.6) is 0 Å². The molecule has 3 rings (SSSR count). The zero-order chi connectivity index (χ0) is 22.4. The summed E-state index contributed by atoms with van der Waals surface area (Å²) < 4.78 is 0. The van der Waals surface area contributed by atoms with Crippen molar-refractivity contribution in [2.24, 2.45) is 0 Å². The van der Waals surface area contributed by atoms with Gasteiger partial charge in [0, 0.05) is 35.3 Å². The number of hydrogen-bond donors (Lipinski definition) is 2. The van der Waals surface area contributed by atoms with Gasteiger partial charge in [0.15, 0.2) is 0 Å². The average Bonchev–Trinajstić information content (AvgIpc) is 2.74. The van der Waals surface area contributed by atoms with Crippen molar-refractivity contribution in [1.29, 1.82) is 0 Å². The quantitative estimate of drug-likeness (QED) is 0.631. The average molecular weight is 463 g/mol. The lowest BCUT2D eigenvalue weighted by Gasteiger charge is -2.33. The summed E-state index contributed by atoms with van der Waals surface area (Å²) in [5.41, 5.74) is 1.21. The van der Waals surface area contributed by atoms with Gasteiger partial charge in [0.2, 0.25) is 5.91 Å². The molecule has 1 heterocycles. The lowest BCUT2D eigenvalue weighted by atomic mass is 9.90. The van der Waals surface area contributed by atoms with Gasteiger partial charge in [-0.15, -0.1) is 0 Å². The maximum Gasteiger partial charge on any atom is 0.251 e. The third kappa shape index (κ3) is 6.66. The molecule has 0 atom stereocenters. The van der Waals surface area contributed by atoms with Crippen molar-refractivity contribution in [3.8, 4) is 0 Å². The number of rotatable bonds is 7. The van der Waals surface area contributed by atoms with Gasteiger partial charge in [0.25, 0.3) is 5.91 Å². The van der Waals surface area contributed by atoms with E-state index in [1.165, 1.54) is 6.20 Å². The smallest absolute Gasteiger partial charge is 0.251 e. The van der Waals surface area contributed by atoms with Crippen LogP contribution in [0, 0.1) is 0 Å². The van der Waals surface area contributed by atoms with Crippen LogP contribution in [0.15, 0.2) is 36.5 Å². The van der Waals surface area contributed by atoms with Crippen molar-refractivity contribution in [1.82, 2.24) is 15.2 Å². The Morgan fingerprint density at radius 3 is 2.48 bits per heavy atom. The van der Waals surface area contributed by atoms with E-state index in [0.29, 0.717) is 39.5 Å². The second-order valence-electron chi connectivity index (χ2n) is 8.12. The Kier molecular flexibility index (Phi) is 8.29. The molecule has 2 aromatic rings. The van der Waals surface area contributed by atoms with Crippen LogP contribution in [0.2, 0.25) is 10.0 Å². The molecular weight excluding hydrogens is 435 g/mol. The minimum Gasteiger partial charge on any atom is -0.349 e. The predicted octanol–water partition coefficient (Wildman–Crippen LogP) is 4.56. The summed E-state index contributed by atoms with van der Waals surface area (Å²) in [7, 11) is 4.20. The van der Waals surface area contributed by atoms with Gasteiger partial charge in [0.1, 0.15) is 5.82 Å². The lowest BCUT2D eigenvalue weighted by Crippen LogP contribution is -2.42. The molecule has 1 aliphatic carbocycles. The van der Waals surface area contributed by atoms with Gasteiger partial charge in [-0.1, -0.05) is 29.3 Å². The Bertz CT molecular complexity index is 910. The number of aromatic nitrogens is 1. The highest BCUT2D eigenvalue weighted by atomic mass is 35.5. The summed E-state index contributed by atoms with van der Waals surface area (Å²) in [6.45, 7) is 0. The molecule has 0 spiro atoms. The fraction of sp³-hybridized carbons (Fsp3) is 0.435. The molecule has 31 heavy (non-hydrogen) atoms.